The zero-order valence-electron chi connectivity index (χ0n) is 10.8. The molecular weight excluding hydrogens is 246 g/mol. The van der Waals surface area contributed by atoms with E-state index in [2.05, 4.69) is 5.32 Å². The van der Waals surface area contributed by atoms with E-state index in [0.717, 1.165) is 25.7 Å². The Hall–Kier alpha value is -2.11. The first kappa shape index (κ1) is 13.3. The maximum atomic E-state index is 12.2. The minimum atomic E-state index is -0.533. The highest BCUT2D eigenvalue weighted by molar-refractivity contribution is 6.00. The number of non-ortho nitro benzene ring substituents is 1. The summed E-state index contributed by atoms with van der Waals surface area (Å²) in [6.07, 6.45) is 3.85. The van der Waals surface area contributed by atoms with Crippen LogP contribution >= 0.6 is 0 Å². The van der Waals surface area contributed by atoms with Crippen molar-refractivity contribution in [2.45, 2.75) is 38.1 Å². The van der Waals surface area contributed by atoms with E-state index in [9.17, 15) is 14.9 Å². The van der Waals surface area contributed by atoms with Gasteiger partial charge >= 0.3 is 0 Å². The molecule has 1 fully saturated rings. The van der Waals surface area contributed by atoms with Crippen molar-refractivity contribution >= 4 is 17.3 Å². The number of benzene rings is 1. The molecule has 1 aliphatic rings. The largest absolute Gasteiger partial charge is 0.398 e. The maximum absolute atomic E-state index is 12.2. The average molecular weight is 263 g/mol. The minimum Gasteiger partial charge on any atom is -0.398 e. The van der Waals surface area contributed by atoms with Gasteiger partial charge in [-0.3, -0.25) is 14.9 Å². The van der Waals surface area contributed by atoms with Crippen LogP contribution in [0.3, 0.4) is 0 Å². The highest BCUT2D eigenvalue weighted by atomic mass is 16.6. The van der Waals surface area contributed by atoms with Gasteiger partial charge in [-0.1, -0.05) is 6.92 Å². The fourth-order valence-corrected chi connectivity index (χ4v) is 2.33. The van der Waals surface area contributed by atoms with Crippen LogP contribution in [0.2, 0.25) is 0 Å². The Morgan fingerprint density at radius 3 is 2.68 bits per heavy atom. The number of amides is 1. The smallest absolute Gasteiger partial charge is 0.270 e. The summed E-state index contributed by atoms with van der Waals surface area (Å²) >= 11 is 0. The molecule has 0 saturated heterocycles. The monoisotopic (exact) mass is 263 g/mol. The first-order valence-corrected chi connectivity index (χ1v) is 6.34. The van der Waals surface area contributed by atoms with Gasteiger partial charge in [0.25, 0.3) is 11.6 Å². The van der Waals surface area contributed by atoms with Crippen molar-refractivity contribution in [3.63, 3.8) is 0 Å². The van der Waals surface area contributed by atoms with Crippen LogP contribution in [-0.2, 0) is 0 Å². The van der Waals surface area contributed by atoms with Gasteiger partial charge in [0.2, 0.25) is 0 Å². The van der Waals surface area contributed by atoms with E-state index in [1.54, 1.807) is 0 Å². The van der Waals surface area contributed by atoms with Crippen molar-refractivity contribution < 1.29 is 9.72 Å². The molecule has 6 heteroatoms. The quantitative estimate of drug-likeness (QED) is 0.494. The molecule has 0 atom stereocenters. The lowest BCUT2D eigenvalue weighted by molar-refractivity contribution is -0.384. The van der Waals surface area contributed by atoms with Crippen LogP contribution in [0, 0.1) is 10.1 Å². The van der Waals surface area contributed by atoms with Crippen LogP contribution in [-0.4, -0.2) is 16.4 Å². The lowest BCUT2D eigenvalue weighted by atomic mass is 9.74. The first-order valence-electron chi connectivity index (χ1n) is 6.34. The second kappa shape index (κ2) is 4.87. The normalized spacial score (nSPS) is 16.5. The summed E-state index contributed by atoms with van der Waals surface area (Å²) in [4.78, 5) is 22.4. The van der Waals surface area contributed by atoms with Crippen molar-refractivity contribution in [1.29, 1.82) is 0 Å². The van der Waals surface area contributed by atoms with Gasteiger partial charge in [0, 0.05) is 23.4 Å². The molecular formula is C13H17N3O3. The Morgan fingerprint density at radius 1 is 1.53 bits per heavy atom. The molecule has 6 nitrogen and oxygen atoms in total. The second-order valence-electron chi connectivity index (χ2n) is 4.97. The van der Waals surface area contributed by atoms with Crippen LogP contribution in [0.5, 0.6) is 0 Å². The molecule has 1 aliphatic carbocycles. The Kier molecular flexibility index (Phi) is 3.42. The number of nitrogens with two attached hydrogens (primary N) is 1. The number of carbonyl (C=O) groups is 1. The third-order valence-corrected chi connectivity index (χ3v) is 3.86. The molecule has 0 bridgehead atoms. The molecule has 0 unspecified atom stereocenters. The molecule has 1 aromatic rings. The van der Waals surface area contributed by atoms with Gasteiger partial charge in [0.15, 0.2) is 0 Å². The van der Waals surface area contributed by atoms with Crippen molar-refractivity contribution in [1.82, 2.24) is 5.32 Å². The van der Waals surface area contributed by atoms with Crippen LogP contribution in [0.25, 0.3) is 0 Å². The predicted octanol–water partition coefficient (Wildman–Crippen LogP) is 2.24. The van der Waals surface area contributed by atoms with E-state index >= 15 is 0 Å². The molecule has 2 rings (SSSR count). The molecule has 1 aromatic carbocycles. The van der Waals surface area contributed by atoms with E-state index in [4.69, 9.17) is 5.73 Å². The second-order valence-corrected chi connectivity index (χ2v) is 4.97. The van der Waals surface area contributed by atoms with E-state index in [-0.39, 0.29) is 28.4 Å². The fourth-order valence-electron chi connectivity index (χ4n) is 2.33. The Labute approximate surface area is 111 Å². The standard InChI is InChI=1S/C13H17N3O3/c1-2-13(6-3-7-13)15-12(17)10-8-9(16(18)19)4-5-11(10)14/h4-5,8H,2-3,6-7,14H2,1H3,(H,15,17). The minimum absolute atomic E-state index is 0.126. The highest BCUT2D eigenvalue weighted by Gasteiger charge is 2.37. The fraction of sp³-hybridized carbons (Fsp3) is 0.462. The topological polar surface area (TPSA) is 98.3 Å². The van der Waals surface area contributed by atoms with Gasteiger partial charge in [-0.05, 0) is 31.7 Å². The number of anilines is 1. The summed E-state index contributed by atoms with van der Waals surface area (Å²) < 4.78 is 0. The zero-order chi connectivity index (χ0) is 14.0. The van der Waals surface area contributed by atoms with Gasteiger partial charge in [0.1, 0.15) is 0 Å². The highest BCUT2D eigenvalue weighted by Crippen LogP contribution is 2.35. The molecule has 0 aromatic heterocycles. The molecule has 102 valence electrons. The van der Waals surface area contributed by atoms with Gasteiger partial charge in [-0.25, -0.2) is 0 Å². The van der Waals surface area contributed by atoms with E-state index in [0.29, 0.717) is 0 Å². The van der Waals surface area contributed by atoms with Crippen LogP contribution < -0.4 is 11.1 Å². The summed E-state index contributed by atoms with van der Waals surface area (Å²) in [7, 11) is 0. The number of rotatable bonds is 4. The third kappa shape index (κ3) is 2.52. The van der Waals surface area contributed by atoms with Crippen molar-refractivity contribution in [3.05, 3.63) is 33.9 Å². The van der Waals surface area contributed by atoms with Crippen LogP contribution in [0.4, 0.5) is 11.4 Å². The summed E-state index contributed by atoms with van der Waals surface area (Å²) in [5.74, 6) is -0.331. The van der Waals surface area contributed by atoms with E-state index in [1.165, 1.54) is 18.2 Å². The van der Waals surface area contributed by atoms with Crippen LogP contribution in [0.15, 0.2) is 18.2 Å². The van der Waals surface area contributed by atoms with Gasteiger partial charge in [-0.2, -0.15) is 0 Å². The Morgan fingerprint density at radius 2 is 2.21 bits per heavy atom. The number of nitrogens with one attached hydrogen (secondary N) is 1. The average Bonchev–Trinajstić information content (AvgIpc) is 2.33. The SMILES string of the molecule is CCC1(NC(=O)c2cc([N+](=O)[O-])ccc2N)CCC1. The molecule has 0 heterocycles. The van der Waals surface area contributed by atoms with Gasteiger partial charge in [-0.15, -0.1) is 0 Å². The molecule has 1 saturated carbocycles. The first-order chi connectivity index (χ1) is 8.97. The van der Waals surface area contributed by atoms with Crippen molar-refractivity contribution in [3.8, 4) is 0 Å². The maximum Gasteiger partial charge on any atom is 0.270 e. The number of nitrogens with zero attached hydrogens (tertiary/aromatic N) is 1. The third-order valence-electron chi connectivity index (χ3n) is 3.86. The number of nitro groups is 1. The van der Waals surface area contributed by atoms with Crippen LogP contribution in [0.1, 0.15) is 43.0 Å². The molecule has 19 heavy (non-hydrogen) atoms. The number of hydrogen-bond donors (Lipinski definition) is 2. The lowest BCUT2D eigenvalue weighted by Gasteiger charge is -2.42. The van der Waals surface area contributed by atoms with Crippen molar-refractivity contribution in [2.75, 3.05) is 5.73 Å². The van der Waals surface area contributed by atoms with E-state index in [1.807, 2.05) is 6.92 Å². The molecule has 0 radical (unpaired) electrons. The summed E-state index contributed by atoms with van der Waals surface area (Å²) in [6.45, 7) is 2.02. The summed E-state index contributed by atoms with van der Waals surface area (Å²) in [6, 6.07) is 3.92. The summed E-state index contributed by atoms with van der Waals surface area (Å²) in [5, 5.41) is 13.7. The number of nitro benzene ring substituents is 1. The predicted molar refractivity (Wildman–Crippen MR) is 71.8 cm³/mol. The number of hydrogen-bond acceptors (Lipinski definition) is 4. The van der Waals surface area contributed by atoms with Gasteiger partial charge in [0.05, 0.1) is 10.5 Å². The Balaban J connectivity index is 2.23. The number of carbonyl (C=O) groups excluding carboxylic acids is 1. The summed E-state index contributed by atoms with van der Waals surface area (Å²) in [5.41, 5.74) is 5.87. The molecule has 3 N–H and O–H groups in total. The zero-order valence-corrected chi connectivity index (χ0v) is 10.8. The van der Waals surface area contributed by atoms with Gasteiger partial charge < -0.3 is 11.1 Å². The number of nitrogen functional groups attached to an aromatic ring is 1. The Bertz CT molecular complexity index is 518. The molecule has 1 amide bonds. The van der Waals surface area contributed by atoms with Crippen molar-refractivity contribution in [2.24, 2.45) is 0 Å². The molecule has 0 aliphatic heterocycles. The molecule has 0 spiro atoms. The lowest BCUT2D eigenvalue weighted by Crippen LogP contribution is -2.53. The van der Waals surface area contributed by atoms with E-state index < -0.39 is 4.92 Å².